The Morgan fingerprint density at radius 2 is 2.05 bits per heavy atom. The van der Waals surface area contributed by atoms with Crippen LogP contribution >= 0.6 is 0 Å². The van der Waals surface area contributed by atoms with Crippen LogP contribution in [0.3, 0.4) is 0 Å². The Balaban J connectivity index is 2.19. The summed E-state index contributed by atoms with van der Waals surface area (Å²) in [7, 11) is -0.370. The summed E-state index contributed by atoms with van der Waals surface area (Å²) < 4.78 is 26.7. The highest BCUT2D eigenvalue weighted by atomic mass is 32.2. The van der Waals surface area contributed by atoms with Crippen LogP contribution in [-0.2, 0) is 10.5 Å². The van der Waals surface area contributed by atoms with E-state index in [1.54, 1.807) is 6.20 Å². The van der Waals surface area contributed by atoms with Crippen molar-refractivity contribution in [2.75, 3.05) is 20.1 Å². The zero-order chi connectivity index (χ0) is 14.1. The number of aromatic nitrogens is 1. The van der Waals surface area contributed by atoms with E-state index in [9.17, 15) is 8.42 Å². The van der Waals surface area contributed by atoms with Crippen LogP contribution in [0.15, 0.2) is 41.0 Å². The summed E-state index contributed by atoms with van der Waals surface area (Å²) in [5.74, 6) is 0. The Kier molecular flexibility index (Phi) is 3.42. The third-order valence-corrected chi connectivity index (χ3v) is 3.91. The SMILES string of the molecule is CN1CC=C(c2cn(N=S(=O)=O)c3ccccc23)CC1. The van der Waals surface area contributed by atoms with Crippen LogP contribution in [-0.4, -0.2) is 38.1 Å². The molecule has 1 aliphatic rings. The van der Waals surface area contributed by atoms with Crippen LogP contribution < -0.4 is 0 Å². The Hall–Kier alpha value is -1.92. The molecule has 20 heavy (non-hydrogen) atoms. The largest absolute Gasteiger partial charge is 0.333 e. The molecular formula is C14H15N3O2S. The van der Waals surface area contributed by atoms with E-state index in [1.807, 2.05) is 24.3 Å². The number of hydrogen-bond acceptors (Lipinski definition) is 4. The monoisotopic (exact) mass is 289 g/mol. The van der Waals surface area contributed by atoms with E-state index in [1.165, 1.54) is 10.2 Å². The van der Waals surface area contributed by atoms with Crippen LogP contribution in [0.2, 0.25) is 0 Å². The van der Waals surface area contributed by atoms with Crippen molar-refractivity contribution < 1.29 is 8.42 Å². The Morgan fingerprint density at radius 3 is 2.75 bits per heavy atom. The lowest BCUT2D eigenvalue weighted by Gasteiger charge is -2.21. The van der Waals surface area contributed by atoms with Crippen LogP contribution in [0.1, 0.15) is 12.0 Å². The molecule has 6 heteroatoms. The summed E-state index contributed by atoms with van der Waals surface area (Å²) in [6.07, 6.45) is 4.96. The van der Waals surface area contributed by atoms with Crippen LogP contribution in [0, 0.1) is 0 Å². The number of benzene rings is 1. The molecule has 5 nitrogen and oxygen atoms in total. The van der Waals surface area contributed by atoms with Crippen molar-refractivity contribution in [3.63, 3.8) is 0 Å². The molecule has 104 valence electrons. The molecule has 1 aromatic heterocycles. The van der Waals surface area contributed by atoms with E-state index in [4.69, 9.17) is 0 Å². The van der Waals surface area contributed by atoms with Crippen LogP contribution in [0.4, 0.5) is 0 Å². The first-order chi connectivity index (χ1) is 9.65. The molecule has 1 aliphatic heterocycles. The van der Waals surface area contributed by atoms with E-state index in [0.717, 1.165) is 36.0 Å². The molecule has 0 fully saturated rings. The fourth-order valence-corrected chi connectivity index (χ4v) is 2.85. The first kappa shape index (κ1) is 13.1. The lowest BCUT2D eigenvalue weighted by atomic mass is 9.99. The van der Waals surface area contributed by atoms with E-state index >= 15 is 0 Å². The second kappa shape index (κ2) is 5.22. The molecule has 0 aliphatic carbocycles. The molecule has 0 saturated carbocycles. The molecule has 3 rings (SSSR count). The van der Waals surface area contributed by atoms with Crippen LogP contribution in [0.25, 0.3) is 16.5 Å². The molecule has 0 spiro atoms. The van der Waals surface area contributed by atoms with Crippen molar-refractivity contribution in [3.8, 4) is 0 Å². The molecule has 0 amide bonds. The molecule has 0 saturated heterocycles. The van der Waals surface area contributed by atoms with Crippen molar-refractivity contribution in [2.45, 2.75) is 6.42 Å². The maximum atomic E-state index is 10.8. The van der Waals surface area contributed by atoms with Crippen molar-refractivity contribution in [1.29, 1.82) is 0 Å². The molecule has 0 unspecified atom stereocenters. The zero-order valence-electron chi connectivity index (χ0n) is 11.2. The molecular weight excluding hydrogens is 274 g/mol. The van der Waals surface area contributed by atoms with E-state index in [-0.39, 0.29) is 0 Å². The smallest absolute Gasteiger partial charge is 0.302 e. The number of nitrogens with zero attached hydrogens (tertiary/aromatic N) is 3. The Morgan fingerprint density at radius 1 is 1.25 bits per heavy atom. The lowest BCUT2D eigenvalue weighted by Crippen LogP contribution is -2.23. The summed E-state index contributed by atoms with van der Waals surface area (Å²) in [6.45, 7) is 1.93. The molecule has 0 bridgehead atoms. The van der Waals surface area contributed by atoms with Crippen LogP contribution in [0.5, 0.6) is 0 Å². The molecule has 0 atom stereocenters. The first-order valence-corrected chi connectivity index (χ1v) is 7.48. The van der Waals surface area contributed by atoms with Gasteiger partial charge in [-0.1, -0.05) is 24.3 Å². The van der Waals surface area contributed by atoms with Gasteiger partial charge in [0.2, 0.25) is 0 Å². The minimum absolute atomic E-state index is 0.812. The second-order valence-corrected chi connectivity index (χ2v) is 5.54. The standard InChI is InChI=1S/C14H15N3O2S/c1-16-8-6-11(7-9-16)13-10-17(15-20(18)19)14-5-3-2-4-12(13)14/h2-6,10H,7-9H2,1H3. The molecule has 0 N–H and O–H groups in total. The highest BCUT2D eigenvalue weighted by molar-refractivity contribution is 7.61. The fourth-order valence-electron chi connectivity index (χ4n) is 2.57. The third-order valence-electron chi connectivity index (χ3n) is 3.61. The van der Waals surface area contributed by atoms with Gasteiger partial charge in [0, 0.05) is 30.2 Å². The van der Waals surface area contributed by atoms with Gasteiger partial charge in [-0.15, -0.1) is 0 Å². The number of fused-ring (bicyclic) bond motifs is 1. The zero-order valence-corrected chi connectivity index (χ0v) is 12.0. The first-order valence-electron chi connectivity index (χ1n) is 6.44. The molecule has 2 aromatic rings. The Labute approximate surface area is 118 Å². The Bertz CT molecular complexity index is 810. The predicted molar refractivity (Wildman–Crippen MR) is 78.8 cm³/mol. The maximum absolute atomic E-state index is 10.8. The number of likely N-dealkylation sites (N-methyl/N-ethyl adjacent to an activating group) is 1. The van der Waals surface area contributed by atoms with Gasteiger partial charge in [0.15, 0.2) is 0 Å². The summed E-state index contributed by atoms with van der Waals surface area (Å²) >= 11 is 0. The minimum atomic E-state index is -2.46. The summed E-state index contributed by atoms with van der Waals surface area (Å²) in [4.78, 5) is 2.25. The van der Waals surface area contributed by atoms with Crippen molar-refractivity contribution in [3.05, 3.63) is 42.1 Å². The topological polar surface area (TPSA) is 54.7 Å². The van der Waals surface area contributed by atoms with Gasteiger partial charge in [0.25, 0.3) is 0 Å². The van der Waals surface area contributed by atoms with Gasteiger partial charge in [-0.3, -0.25) is 0 Å². The number of rotatable bonds is 2. The van der Waals surface area contributed by atoms with Gasteiger partial charge in [0.05, 0.1) is 5.52 Å². The van der Waals surface area contributed by atoms with Crippen molar-refractivity contribution >= 4 is 27.0 Å². The highest BCUT2D eigenvalue weighted by Gasteiger charge is 2.15. The second-order valence-electron chi connectivity index (χ2n) is 4.94. The lowest BCUT2D eigenvalue weighted by molar-refractivity contribution is 0.370. The van der Waals surface area contributed by atoms with Crippen molar-refractivity contribution in [1.82, 2.24) is 9.58 Å². The van der Waals surface area contributed by atoms with E-state index in [0.29, 0.717) is 0 Å². The molecule has 1 aromatic carbocycles. The van der Waals surface area contributed by atoms with E-state index in [2.05, 4.69) is 22.5 Å². The minimum Gasteiger partial charge on any atom is -0.302 e. The predicted octanol–water partition coefficient (Wildman–Crippen LogP) is 2.19. The number of para-hydroxylation sites is 1. The van der Waals surface area contributed by atoms with Gasteiger partial charge in [-0.25, -0.2) is 4.68 Å². The molecule has 0 radical (unpaired) electrons. The van der Waals surface area contributed by atoms with Crippen molar-refractivity contribution in [2.24, 2.45) is 4.47 Å². The quantitative estimate of drug-likeness (QED) is 0.851. The van der Waals surface area contributed by atoms with Gasteiger partial charge in [0.1, 0.15) is 0 Å². The fraction of sp³-hybridized carbons (Fsp3) is 0.286. The third kappa shape index (κ3) is 2.39. The van der Waals surface area contributed by atoms with Gasteiger partial charge >= 0.3 is 10.5 Å². The average molecular weight is 289 g/mol. The maximum Gasteiger partial charge on any atom is 0.333 e. The van der Waals surface area contributed by atoms with Gasteiger partial charge in [-0.2, -0.15) is 8.42 Å². The highest BCUT2D eigenvalue weighted by Crippen LogP contribution is 2.30. The summed E-state index contributed by atoms with van der Waals surface area (Å²) in [5.41, 5.74) is 3.14. The normalized spacial score (nSPS) is 16.1. The van der Waals surface area contributed by atoms with Gasteiger partial charge < -0.3 is 4.90 Å². The molecule has 2 heterocycles. The number of hydrogen-bond donors (Lipinski definition) is 0. The summed E-state index contributed by atoms with van der Waals surface area (Å²) in [6, 6.07) is 7.73. The average Bonchev–Trinajstić information content (AvgIpc) is 2.78. The summed E-state index contributed by atoms with van der Waals surface area (Å²) in [5, 5.41) is 1.04. The van der Waals surface area contributed by atoms with E-state index < -0.39 is 10.5 Å². The van der Waals surface area contributed by atoms with Gasteiger partial charge in [-0.05, 0) is 29.6 Å².